The molecule has 1 aliphatic heterocycles. The monoisotopic (exact) mass is 544 g/mol. The van der Waals surface area contributed by atoms with E-state index in [-0.39, 0.29) is 4.90 Å². The summed E-state index contributed by atoms with van der Waals surface area (Å²) < 4.78 is 35.5. The topological polar surface area (TPSA) is 120 Å². The van der Waals surface area contributed by atoms with Crippen LogP contribution in [0.1, 0.15) is 35.2 Å². The van der Waals surface area contributed by atoms with E-state index in [0.717, 1.165) is 41.1 Å². The van der Waals surface area contributed by atoms with Crippen LogP contribution in [0.3, 0.4) is 0 Å². The first-order chi connectivity index (χ1) is 18.7. The number of guanidine groups is 1. The number of benzene rings is 2. The summed E-state index contributed by atoms with van der Waals surface area (Å²) in [7, 11) is -2.20. The van der Waals surface area contributed by atoms with Crippen molar-refractivity contribution >= 4 is 40.1 Å². The van der Waals surface area contributed by atoms with Gasteiger partial charge in [0.05, 0.1) is 24.4 Å². The van der Waals surface area contributed by atoms with Crippen LogP contribution in [0.5, 0.6) is 0 Å². The predicted octanol–water partition coefficient (Wildman–Crippen LogP) is 3.58. The number of hydrogen-bond donors (Lipinski definition) is 1. The molecule has 2 aromatic heterocycles. The predicted molar refractivity (Wildman–Crippen MR) is 153 cm³/mol. The van der Waals surface area contributed by atoms with Crippen molar-refractivity contribution < 1.29 is 17.4 Å². The number of rotatable bonds is 5. The molecule has 1 saturated heterocycles. The number of likely N-dealkylation sites (tertiary alicyclic amines) is 1. The van der Waals surface area contributed by atoms with Crippen molar-refractivity contribution in [1.29, 1.82) is 0 Å². The Balaban J connectivity index is 0.000000270. The van der Waals surface area contributed by atoms with E-state index in [1.54, 1.807) is 18.3 Å². The highest BCUT2D eigenvalue weighted by Gasteiger charge is 2.13. The van der Waals surface area contributed by atoms with Crippen LogP contribution in [0.15, 0.2) is 94.2 Å². The Morgan fingerprint density at radius 2 is 1.64 bits per heavy atom. The Morgan fingerprint density at radius 3 is 2.28 bits per heavy atom. The second kappa shape index (κ2) is 12.5. The molecule has 202 valence electrons. The molecule has 4 aromatic rings. The second-order valence-corrected chi connectivity index (χ2v) is 10.6. The second-order valence-electron chi connectivity index (χ2n) is 9.24. The first kappa shape index (κ1) is 27.7. The quantitative estimate of drug-likeness (QED) is 0.135. The maximum absolute atomic E-state index is 10.4. The van der Waals surface area contributed by atoms with Crippen LogP contribution < -0.4 is 10.1 Å². The summed E-state index contributed by atoms with van der Waals surface area (Å²) in [5.41, 5.74) is 11.3. The maximum Gasteiger partial charge on any atom is 0.286 e. The van der Waals surface area contributed by atoms with Crippen LogP contribution in [0.4, 0.5) is 0 Å². The number of fused-ring (bicyclic) bond motifs is 1. The van der Waals surface area contributed by atoms with Crippen LogP contribution in [0.25, 0.3) is 17.8 Å². The molecule has 2 aromatic carbocycles. The normalized spacial score (nSPS) is 14.3. The van der Waals surface area contributed by atoms with E-state index in [0.29, 0.717) is 5.96 Å². The van der Waals surface area contributed by atoms with Gasteiger partial charge in [-0.3, -0.25) is 0 Å². The molecule has 0 aliphatic carbocycles. The zero-order valence-electron chi connectivity index (χ0n) is 22.0. The smallest absolute Gasteiger partial charge is 0.286 e. The van der Waals surface area contributed by atoms with Crippen LogP contribution >= 0.6 is 0 Å². The van der Waals surface area contributed by atoms with Crippen molar-refractivity contribution in [2.75, 3.05) is 13.1 Å². The van der Waals surface area contributed by atoms with E-state index in [9.17, 15) is 13.0 Å². The van der Waals surface area contributed by atoms with Gasteiger partial charge in [-0.25, -0.2) is 17.4 Å². The van der Waals surface area contributed by atoms with Gasteiger partial charge < -0.3 is 15.2 Å². The Labute approximate surface area is 229 Å². The minimum absolute atomic E-state index is 0.178. The van der Waals surface area contributed by atoms with Crippen molar-refractivity contribution in [3.05, 3.63) is 102 Å². The number of aromatic nitrogens is 2. The third-order valence-corrected chi connectivity index (χ3v) is 7.21. The van der Waals surface area contributed by atoms with Crippen molar-refractivity contribution in [2.24, 2.45) is 23.0 Å². The lowest BCUT2D eigenvalue weighted by Gasteiger charge is -2.13. The van der Waals surface area contributed by atoms with Gasteiger partial charge in [0.25, 0.3) is 5.65 Å². The van der Waals surface area contributed by atoms with Crippen LogP contribution in [-0.2, 0) is 17.2 Å². The van der Waals surface area contributed by atoms with Gasteiger partial charge >= 0.3 is 0 Å². The summed E-state index contributed by atoms with van der Waals surface area (Å²) >= 11 is 0. The third-order valence-electron chi connectivity index (χ3n) is 6.36. The van der Waals surface area contributed by atoms with Gasteiger partial charge in [0.1, 0.15) is 16.3 Å². The lowest BCUT2D eigenvalue weighted by molar-refractivity contribution is -0.510. The van der Waals surface area contributed by atoms with Gasteiger partial charge in [-0.15, -0.1) is 5.10 Å². The number of pyridine rings is 1. The molecule has 0 radical (unpaired) electrons. The Hall–Kier alpha value is -4.28. The summed E-state index contributed by atoms with van der Waals surface area (Å²) in [4.78, 5) is 1.89. The average molecular weight is 545 g/mol. The molecule has 0 unspecified atom stereocenters. The molecule has 1 aliphatic rings. The number of nitrogens with zero attached hydrogens (tertiary/aromatic N) is 5. The van der Waals surface area contributed by atoms with Gasteiger partial charge in [0.2, 0.25) is 5.96 Å². The summed E-state index contributed by atoms with van der Waals surface area (Å²) in [5, 5.41) is 8.22. The molecule has 0 bridgehead atoms. The molecule has 3 heterocycles. The Bertz CT molecular complexity index is 1600. The number of aryl methyl sites for hydroxylation is 2. The van der Waals surface area contributed by atoms with Gasteiger partial charge in [-0.1, -0.05) is 54.1 Å². The van der Waals surface area contributed by atoms with E-state index in [4.69, 9.17) is 5.73 Å². The summed E-state index contributed by atoms with van der Waals surface area (Å²) in [6, 6.07) is 20.2. The first-order valence-corrected chi connectivity index (χ1v) is 14.0. The van der Waals surface area contributed by atoms with Gasteiger partial charge in [-0.2, -0.15) is 5.10 Å². The minimum atomic E-state index is -4.27. The third kappa shape index (κ3) is 7.62. The summed E-state index contributed by atoms with van der Waals surface area (Å²) in [5.74, 6) is 0.501. The molecule has 0 saturated carbocycles. The fourth-order valence-corrected chi connectivity index (χ4v) is 4.57. The molecule has 10 heteroatoms. The molecule has 5 rings (SSSR count). The summed E-state index contributed by atoms with van der Waals surface area (Å²) in [6.45, 7) is 3.77. The van der Waals surface area contributed by atoms with Gasteiger partial charge in [-0.05, 0) is 55.2 Å². The first-order valence-electron chi connectivity index (χ1n) is 12.6. The lowest BCUT2D eigenvalue weighted by Crippen LogP contribution is -2.34. The standard InChI is InChI=1S/C22H25N6.C7H8O3S/c1-26-20(17-28-15-3-2-6-21(26)28)12-11-18-7-9-19(10-8-18)16-24-25-22(23)27-13-4-5-14-27;1-6-2-4-7(5-3-6)11(8,9)10/h2-3,6-12,15-17H,4-5,13-14H2,1H3,(H2,23,25);2-5H,1H3,(H,8,9,10)/q+1;/p-1. The maximum atomic E-state index is 10.4. The lowest BCUT2D eigenvalue weighted by atomic mass is 10.1. The highest BCUT2D eigenvalue weighted by Crippen LogP contribution is 2.11. The van der Waals surface area contributed by atoms with E-state index in [1.807, 2.05) is 31.2 Å². The zero-order chi connectivity index (χ0) is 27.8. The molecule has 9 nitrogen and oxygen atoms in total. The number of hydrogen-bond acceptors (Lipinski definition) is 5. The fourth-order valence-electron chi connectivity index (χ4n) is 4.10. The summed E-state index contributed by atoms with van der Waals surface area (Å²) in [6.07, 6.45) is 12.5. The van der Waals surface area contributed by atoms with Crippen molar-refractivity contribution in [1.82, 2.24) is 9.47 Å². The zero-order valence-corrected chi connectivity index (χ0v) is 22.8. The van der Waals surface area contributed by atoms with Crippen LogP contribution in [-0.4, -0.2) is 47.7 Å². The van der Waals surface area contributed by atoms with Crippen LogP contribution in [0, 0.1) is 6.92 Å². The van der Waals surface area contributed by atoms with E-state index in [1.165, 1.54) is 25.0 Å². The Morgan fingerprint density at radius 1 is 0.974 bits per heavy atom. The molecule has 0 spiro atoms. The highest BCUT2D eigenvalue weighted by molar-refractivity contribution is 7.85. The van der Waals surface area contributed by atoms with E-state index < -0.39 is 10.1 Å². The SMILES string of the molecule is Cc1ccc(S(=O)(=O)[O-])cc1.Cn1c(C=Cc2ccc(C=NN=C(N)N3CCCC3)cc2)c[n+]2ccccc12. The molecule has 0 amide bonds. The Kier molecular flexibility index (Phi) is 8.90. The van der Waals surface area contributed by atoms with Crippen LogP contribution in [0.2, 0.25) is 0 Å². The average Bonchev–Trinajstić information content (AvgIpc) is 3.57. The molecular formula is C29H32N6O3S. The number of nitrogens with two attached hydrogens (primary N) is 1. The fraction of sp³-hybridized carbons (Fsp3) is 0.207. The van der Waals surface area contributed by atoms with E-state index >= 15 is 0 Å². The highest BCUT2D eigenvalue weighted by atomic mass is 32.2. The van der Waals surface area contributed by atoms with Crippen molar-refractivity contribution in [2.45, 2.75) is 24.7 Å². The van der Waals surface area contributed by atoms with E-state index in [2.05, 4.69) is 73.9 Å². The van der Waals surface area contributed by atoms with Gasteiger partial charge in [0, 0.05) is 19.2 Å². The minimum Gasteiger partial charge on any atom is -0.744 e. The molecular weight excluding hydrogens is 512 g/mol. The molecule has 0 atom stereocenters. The van der Waals surface area contributed by atoms with Crippen molar-refractivity contribution in [3.63, 3.8) is 0 Å². The molecule has 2 N–H and O–H groups in total. The largest absolute Gasteiger partial charge is 0.744 e. The molecule has 39 heavy (non-hydrogen) atoms. The molecule has 1 fully saturated rings. The van der Waals surface area contributed by atoms with Crippen molar-refractivity contribution in [3.8, 4) is 0 Å². The van der Waals surface area contributed by atoms with Gasteiger partial charge in [0.15, 0.2) is 5.69 Å². The number of imidazole rings is 1.